The van der Waals surface area contributed by atoms with Crippen LogP contribution >= 0.6 is 0 Å². The van der Waals surface area contributed by atoms with Crippen LogP contribution < -0.4 is 25.7 Å². The van der Waals surface area contributed by atoms with Gasteiger partial charge in [-0.15, -0.1) is 0 Å². The smallest absolute Gasteiger partial charge is 0.203 e. The summed E-state index contributed by atoms with van der Waals surface area (Å²) in [7, 11) is 4.74. The number of ether oxygens (including phenoxy) is 3. The van der Waals surface area contributed by atoms with Crippen molar-refractivity contribution in [3.05, 3.63) is 17.7 Å². The van der Waals surface area contributed by atoms with Crippen molar-refractivity contribution in [2.24, 2.45) is 11.5 Å². The molecule has 0 saturated heterocycles. The fraction of sp³-hybridized carbons (Fsp3) is 0.571. The van der Waals surface area contributed by atoms with E-state index >= 15 is 0 Å². The minimum absolute atomic E-state index is 0.186. The molecule has 0 aliphatic rings. The number of hydrogen-bond donors (Lipinski definition) is 2. The SMILES string of the molecule is COc1cc(C(N)CC(C)(C)N)cc(OC)c1OC. The molecule has 0 aromatic heterocycles. The molecule has 1 unspecified atom stereocenters. The van der Waals surface area contributed by atoms with Gasteiger partial charge in [-0.25, -0.2) is 0 Å². The summed E-state index contributed by atoms with van der Waals surface area (Å²) in [5, 5.41) is 0. The predicted molar refractivity (Wildman–Crippen MR) is 75.9 cm³/mol. The maximum Gasteiger partial charge on any atom is 0.203 e. The van der Waals surface area contributed by atoms with Crippen LogP contribution in [0.25, 0.3) is 0 Å². The average molecular weight is 268 g/mol. The number of methoxy groups -OCH3 is 3. The van der Waals surface area contributed by atoms with Crippen molar-refractivity contribution in [2.45, 2.75) is 31.8 Å². The fourth-order valence-electron chi connectivity index (χ4n) is 2.00. The Balaban J connectivity index is 3.15. The third kappa shape index (κ3) is 4.01. The van der Waals surface area contributed by atoms with Crippen LogP contribution in [-0.2, 0) is 0 Å². The van der Waals surface area contributed by atoms with E-state index < -0.39 is 0 Å². The summed E-state index contributed by atoms with van der Waals surface area (Å²) in [5.41, 5.74) is 12.8. The van der Waals surface area contributed by atoms with E-state index in [9.17, 15) is 0 Å². The van der Waals surface area contributed by atoms with E-state index in [1.165, 1.54) is 0 Å². The molecule has 1 aromatic rings. The van der Waals surface area contributed by atoms with Gasteiger partial charge in [0.05, 0.1) is 21.3 Å². The van der Waals surface area contributed by atoms with Crippen molar-refractivity contribution in [1.29, 1.82) is 0 Å². The lowest BCUT2D eigenvalue weighted by Crippen LogP contribution is -2.35. The number of rotatable bonds is 6. The van der Waals surface area contributed by atoms with Gasteiger partial charge in [0.2, 0.25) is 5.75 Å². The first kappa shape index (κ1) is 15.6. The van der Waals surface area contributed by atoms with Crippen LogP contribution in [0.15, 0.2) is 12.1 Å². The van der Waals surface area contributed by atoms with Gasteiger partial charge in [0, 0.05) is 11.6 Å². The van der Waals surface area contributed by atoms with Gasteiger partial charge in [-0.3, -0.25) is 0 Å². The van der Waals surface area contributed by atoms with Crippen LogP contribution in [0, 0.1) is 0 Å². The molecule has 0 bridgehead atoms. The van der Waals surface area contributed by atoms with Crippen molar-refractivity contribution >= 4 is 0 Å². The Morgan fingerprint density at radius 2 is 1.53 bits per heavy atom. The number of benzene rings is 1. The standard InChI is InChI=1S/C14H24N2O3/c1-14(2,16)8-10(15)9-6-11(17-3)13(19-5)12(7-9)18-4/h6-7,10H,8,15-16H2,1-5H3. The largest absolute Gasteiger partial charge is 0.493 e. The molecule has 5 nitrogen and oxygen atoms in total. The monoisotopic (exact) mass is 268 g/mol. The Kier molecular flexibility index (Phi) is 5.03. The molecule has 0 radical (unpaired) electrons. The Labute approximate surface area is 114 Å². The van der Waals surface area contributed by atoms with E-state index in [1.807, 2.05) is 26.0 Å². The van der Waals surface area contributed by atoms with Crippen molar-refractivity contribution in [3.8, 4) is 17.2 Å². The first-order chi connectivity index (χ1) is 8.82. The van der Waals surface area contributed by atoms with E-state index in [4.69, 9.17) is 25.7 Å². The third-order valence-electron chi connectivity index (χ3n) is 2.86. The summed E-state index contributed by atoms with van der Waals surface area (Å²) in [6.45, 7) is 3.90. The summed E-state index contributed by atoms with van der Waals surface area (Å²) >= 11 is 0. The predicted octanol–water partition coefficient (Wildman–Crippen LogP) is 1.84. The molecule has 5 heteroatoms. The lowest BCUT2D eigenvalue weighted by atomic mass is 9.92. The maximum absolute atomic E-state index is 6.19. The second kappa shape index (κ2) is 6.12. The molecular weight excluding hydrogens is 244 g/mol. The van der Waals surface area contributed by atoms with Crippen molar-refractivity contribution in [2.75, 3.05) is 21.3 Å². The Morgan fingerprint density at radius 3 is 1.84 bits per heavy atom. The molecule has 0 heterocycles. The van der Waals surface area contributed by atoms with E-state index in [2.05, 4.69) is 0 Å². The highest BCUT2D eigenvalue weighted by Crippen LogP contribution is 2.40. The van der Waals surface area contributed by atoms with Crippen LogP contribution in [0.3, 0.4) is 0 Å². The molecule has 19 heavy (non-hydrogen) atoms. The second-order valence-electron chi connectivity index (χ2n) is 5.26. The van der Waals surface area contributed by atoms with Gasteiger partial charge in [-0.1, -0.05) is 0 Å². The topological polar surface area (TPSA) is 79.7 Å². The Morgan fingerprint density at radius 1 is 1.05 bits per heavy atom. The average Bonchev–Trinajstić information content (AvgIpc) is 2.34. The summed E-state index contributed by atoms with van der Waals surface area (Å²) in [4.78, 5) is 0. The highest BCUT2D eigenvalue weighted by atomic mass is 16.5. The molecule has 0 spiro atoms. The molecule has 0 saturated carbocycles. The zero-order chi connectivity index (χ0) is 14.6. The molecule has 0 aliphatic heterocycles. The van der Waals surface area contributed by atoms with Crippen LogP contribution in [0.4, 0.5) is 0 Å². The van der Waals surface area contributed by atoms with Crippen molar-refractivity contribution in [1.82, 2.24) is 0 Å². The first-order valence-electron chi connectivity index (χ1n) is 6.16. The molecule has 1 aromatic carbocycles. The summed E-state index contributed by atoms with van der Waals surface area (Å²) in [6, 6.07) is 3.53. The molecular formula is C14H24N2O3. The summed E-state index contributed by atoms with van der Waals surface area (Å²) < 4.78 is 15.9. The highest BCUT2D eigenvalue weighted by molar-refractivity contribution is 5.54. The maximum atomic E-state index is 6.19. The van der Waals surface area contributed by atoms with E-state index in [0.29, 0.717) is 23.7 Å². The van der Waals surface area contributed by atoms with Gasteiger partial charge in [-0.05, 0) is 38.0 Å². The van der Waals surface area contributed by atoms with E-state index in [-0.39, 0.29) is 11.6 Å². The number of nitrogens with two attached hydrogens (primary N) is 2. The molecule has 1 rings (SSSR count). The lowest BCUT2D eigenvalue weighted by Gasteiger charge is -2.24. The highest BCUT2D eigenvalue weighted by Gasteiger charge is 2.21. The summed E-state index contributed by atoms with van der Waals surface area (Å²) in [6.07, 6.45) is 0.658. The molecule has 1 atom stereocenters. The second-order valence-corrected chi connectivity index (χ2v) is 5.26. The van der Waals surface area contributed by atoms with Gasteiger partial charge >= 0.3 is 0 Å². The lowest BCUT2D eigenvalue weighted by molar-refractivity contribution is 0.322. The van der Waals surface area contributed by atoms with Crippen LogP contribution in [0.2, 0.25) is 0 Å². The Hall–Kier alpha value is -1.46. The quantitative estimate of drug-likeness (QED) is 0.823. The molecule has 108 valence electrons. The van der Waals surface area contributed by atoms with Crippen LogP contribution in [0.1, 0.15) is 31.9 Å². The van der Waals surface area contributed by atoms with E-state index in [0.717, 1.165) is 5.56 Å². The minimum Gasteiger partial charge on any atom is -0.493 e. The molecule has 0 aliphatic carbocycles. The first-order valence-corrected chi connectivity index (χ1v) is 6.16. The zero-order valence-corrected chi connectivity index (χ0v) is 12.3. The van der Waals surface area contributed by atoms with Crippen LogP contribution in [0.5, 0.6) is 17.2 Å². The Bertz CT molecular complexity index is 402. The zero-order valence-electron chi connectivity index (χ0n) is 12.3. The van der Waals surface area contributed by atoms with Gasteiger partial charge in [-0.2, -0.15) is 0 Å². The van der Waals surface area contributed by atoms with Gasteiger partial charge in [0.15, 0.2) is 11.5 Å². The van der Waals surface area contributed by atoms with E-state index in [1.54, 1.807) is 21.3 Å². The minimum atomic E-state index is -0.334. The molecule has 4 N–H and O–H groups in total. The van der Waals surface area contributed by atoms with Crippen molar-refractivity contribution in [3.63, 3.8) is 0 Å². The number of hydrogen-bond acceptors (Lipinski definition) is 5. The van der Waals surface area contributed by atoms with Gasteiger partial charge in [0.1, 0.15) is 0 Å². The molecule has 0 fully saturated rings. The van der Waals surface area contributed by atoms with Gasteiger partial charge < -0.3 is 25.7 Å². The van der Waals surface area contributed by atoms with Crippen molar-refractivity contribution < 1.29 is 14.2 Å². The molecule has 0 amide bonds. The van der Waals surface area contributed by atoms with Gasteiger partial charge in [0.25, 0.3) is 0 Å². The normalized spacial score (nSPS) is 13.0. The summed E-state index contributed by atoms with van der Waals surface area (Å²) in [5.74, 6) is 1.76. The third-order valence-corrected chi connectivity index (χ3v) is 2.86. The fourth-order valence-corrected chi connectivity index (χ4v) is 2.00. The van der Waals surface area contributed by atoms with Crippen LogP contribution in [-0.4, -0.2) is 26.9 Å².